The van der Waals surface area contributed by atoms with Crippen LogP contribution in [0.5, 0.6) is 0 Å². The number of carboxylic acids is 1. The SMILES string of the molecule is O=C(O)C1c2cc(-c3ccccc3)ccc2C(=O)N(Cc2ccc(C(F)(F)F)c(F)c2)C12CCCC2. The number of halogens is 4. The van der Waals surface area contributed by atoms with Gasteiger partial charge in [-0.05, 0) is 59.4 Å². The molecule has 8 heteroatoms. The average molecular weight is 497 g/mol. The van der Waals surface area contributed by atoms with Crippen LogP contribution in [0.3, 0.4) is 0 Å². The average Bonchev–Trinajstić information content (AvgIpc) is 3.31. The molecule has 0 bridgehead atoms. The molecule has 1 aliphatic heterocycles. The fourth-order valence-electron chi connectivity index (χ4n) is 5.81. The van der Waals surface area contributed by atoms with Gasteiger partial charge in [0.1, 0.15) is 11.7 Å². The lowest BCUT2D eigenvalue weighted by molar-refractivity contribution is -0.143. The maximum atomic E-state index is 14.3. The molecule has 3 aromatic rings. The minimum Gasteiger partial charge on any atom is -0.481 e. The fourth-order valence-corrected chi connectivity index (χ4v) is 5.81. The van der Waals surface area contributed by atoms with E-state index in [9.17, 15) is 32.3 Å². The lowest BCUT2D eigenvalue weighted by Gasteiger charge is -2.49. The largest absolute Gasteiger partial charge is 0.481 e. The molecule has 1 heterocycles. The molecule has 0 radical (unpaired) electrons. The number of aliphatic carboxylic acids is 1. The highest BCUT2D eigenvalue weighted by atomic mass is 19.4. The first kappa shape index (κ1) is 24.0. The van der Waals surface area contributed by atoms with Crippen molar-refractivity contribution in [2.45, 2.75) is 49.9 Å². The van der Waals surface area contributed by atoms with Gasteiger partial charge in [-0.25, -0.2) is 4.39 Å². The molecule has 5 rings (SSSR count). The molecule has 4 nitrogen and oxygen atoms in total. The Bertz CT molecular complexity index is 1330. The summed E-state index contributed by atoms with van der Waals surface area (Å²) in [5.74, 6) is -3.91. The maximum absolute atomic E-state index is 14.3. The number of carboxylic acid groups (broad SMARTS) is 1. The van der Waals surface area contributed by atoms with Gasteiger partial charge in [-0.2, -0.15) is 13.2 Å². The Labute approximate surface area is 205 Å². The first-order valence-electron chi connectivity index (χ1n) is 11.7. The van der Waals surface area contributed by atoms with Crippen molar-refractivity contribution >= 4 is 11.9 Å². The summed E-state index contributed by atoms with van der Waals surface area (Å²) in [4.78, 5) is 27.9. The Hall–Kier alpha value is -3.68. The number of hydrogen-bond donors (Lipinski definition) is 1. The van der Waals surface area contributed by atoms with Crippen LogP contribution >= 0.6 is 0 Å². The Morgan fingerprint density at radius 1 is 0.972 bits per heavy atom. The number of carbonyl (C=O) groups excluding carboxylic acids is 1. The molecule has 1 amide bonds. The quantitative estimate of drug-likeness (QED) is 0.411. The minimum absolute atomic E-state index is 0.175. The van der Waals surface area contributed by atoms with Crippen molar-refractivity contribution in [3.05, 3.63) is 94.8 Å². The van der Waals surface area contributed by atoms with Crippen molar-refractivity contribution < 1.29 is 32.3 Å². The summed E-state index contributed by atoms with van der Waals surface area (Å²) >= 11 is 0. The summed E-state index contributed by atoms with van der Waals surface area (Å²) in [5, 5.41) is 10.4. The molecular weight excluding hydrogens is 474 g/mol. The molecular formula is C28H23F4NO3. The van der Waals surface area contributed by atoms with E-state index < -0.39 is 40.9 Å². The number of nitrogens with zero attached hydrogens (tertiary/aromatic N) is 1. The van der Waals surface area contributed by atoms with Gasteiger partial charge in [-0.15, -0.1) is 0 Å². The predicted octanol–water partition coefficient (Wildman–Crippen LogP) is 6.65. The maximum Gasteiger partial charge on any atom is 0.419 e. The van der Waals surface area contributed by atoms with Crippen molar-refractivity contribution in [3.63, 3.8) is 0 Å². The van der Waals surface area contributed by atoms with E-state index in [2.05, 4.69) is 0 Å². The summed E-state index contributed by atoms with van der Waals surface area (Å²) in [5.41, 5.74) is 0.102. The molecule has 1 aliphatic carbocycles. The third kappa shape index (κ3) is 3.94. The number of amides is 1. The van der Waals surface area contributed by atoms with Crippen LogP contribution in [0.2, 0.25) is 0 Å². The third-order valence-corrected chi connectivity index (χ3v) is 7.42. The Kier molecular flexibility index (Phi) is 5.85. The van der Waals surface area contributed by atoms with E-state index >= 15 is 0 Å². The smallest absolute Gasteiger partial charge is 0.419 e. The van der Waals surface area contributed by atoms with Crippen LogP contribution < -0.4 is 0 Å². The van der Waals surface area contributed by atoms with Crippen molar-refractivity contribution in [2.24, 2.45) is 0 Å². The summed E-state index contributed by atoms with van der Waals surface area (Å²) < 4.78 is 53.4. The second kappa shape index (κ2) is 8.76. The molecule has 2 aliphatic rings. The molecule has 0 aromatic heterocycles. The van der Waals surface area contributed by atoms with Crippen LogP contribution in [-0.4, -0.2) is 27.4 Å². The molecule has 1 N–H and O–H groups in total. The van der Waals surface area contributed by atoms with Crippen LogP contribution in [0.4, 0.5) is 17.6 Å². The number of rotatable bonds is 4. The molecule has 1 fully saturated rings. The van der Waals surface area contributed by atoms with E-state index in [-0.39, 0.29) is 17.7 Å². The van der Waals surface area contributed by atoms with E-state index in [1.165, 1.54) is 4.90 Å². The zero-order valence-corrected chi connectivity index (χ0v) is 19.2. The van der Waals surface area contributed by atoms with Crippen molar-refractivity contribution in [3.8, 4) is 11.1 Å². The van der Waals surface area contributed by atoms with Gasteiger partial charge in [0.15, 0.2) is 0 Å². The van der Waals surface area contributed by atoms with E-state index in [1.807, 2.05) is 30.3 Å². The third-order valence-electron chi connectivity index (χ3n) is 7.42. The van der Waals surface area contributed by atoms with Gasteiger partial charge >= 0.3 is 12.1 Å². The number of fused-ring (bicyclic) bond motifs is 1. The second-order valence-electron chi connectivity index (χ2n) is 9.45. The standard InChI is InChI=1S/C28H23F4NO3/c29-23-14-17(8-11-22(23)28(30,31)32)16-33-25(34)20-10-9-19(18-6-2-1-3-7-18)15-21(20)24(26(35)36)27(33)12-4-5-13-27/h1-3,6-11,14-15,24H,4-5,12-13,16H2,(H,35,36). The van der Waals surface area contributed by atoms with Crippen molar-refractivity contribution in [2.75, 3.05) is 0 Å². The van der Waals surface area contributed by atoms with Crippen LogP contribution in [0.15, 0.2) is 66.7 Å². The number of carbonyl (C=O) groups is 2. The lowest BCUT2D eigenvalue weighted by Crippen LogP contribution is -2.58. The fraction of sp³-hybridized carbons (Fsp3) is 0.286. The number of alkyl halides is 3. The molecule has 3 aromatic carbocycles. The second-order valence-corrected chi connectivity index (χ2v) is 9.45. The summed E-state index contributed by atoms with van der Waals surface area (Å²) in [7, 11) is 0. The molecule has 1 spiro atoms. The van der Waals surface area contributed by atoms with Gasteiger partial charge < -0.3 is 10.0 Å². The van der Waals surface area contributed by atoms with Crippen LogP contribution in [0.1, 0.15) is 58.6 Å². The van der Waals surface area contributed by atoms with E-state index in [0.29, 0.717) is 37.3 Å². The highest BCUT2D eigenvalue weighted by Gasteiger charge is 2.56. The number of benzene rings is 3. The summed E-state index contributed by atoms with van der Waals surface area (Å²) in [6.45, 7) is -0.183. The molecule has 36 heavy (non-hydrogen) atoms. The summed E-state index contributed by atoms with van der Waals surface area (Å²) in [6, 6.07) is 17.1. The van der Waals surface area contributed by atoms with Gasteiger partial charge in [-0.1, -0.05) is 55.3 Å². The van der Waals surface area contributed by atoms with Crippen molar-refractivity contribution in [1.82, 2.24) is 4.90 Å². The zero-order chi connectivity index (χ0) is 25.7. The number of hydrogen-bond acceptors (Lipinski definition) is 2. The highest BCUT2D eigenvalue weighted by molar-refractivity contribution is 6.01. The molecule has 0 saturated heterocycles. The van der Waals surface area contributed by atoms with Crippen LogP contribution in [-0.2, 0) is 17.5 Å². The van der Waals surface area contributed by atoms with E-state index in [0.717, 1.165) is 23.3 Å². The van der Waals surface area contributed by atoms with E-state index in [4.69, 9.17) is 0 Å². The van der Waals surface area contributed by atoms with E-state index in [1.54, 1.807) is 18.2 Å². The lowest BCUT2D eigenvalue weighted by atomic mass is 9.71. The Morgan fingerprint density at radius 3 is 2.28 bits per heavy atom. The van der Waals surface area contributed by atoms with Crippen LogP contribution in [0, 0.1) is 5.82 Å². The molecule has 1 atom stereocenters. The zero-order valence-electron chi connectivity index (χ0n) is 19.2. The van der Waals surface area contributed by atoms with Gasteiger partial charge in [0.25, 0.3) is 5.91 Å². The molecule has 186 valence electrons. The van der Waals surface area contributed by atoms with Crippen molar-refractivity contribution in [1.29, 1.82) is 0 Å². The van der Waals surface area contributed by atoms with Gasteiger partial charge in [0.05, 0.1) is 11.1 Å². The van der Waals surface area contributed by atoms with Gasteiger partial charge in [0.2, 0.25) is 0 Å². The Balaban J connectivity index is 1.61. The first-order valence-corrected chi connectivity index (χ1v) is 11.7. The highest BCUT2D eigenvalue weighted by Crippen LogP contribution is 2.51. The normalized spacial score (nSPS) is 18.9. The summed E-state index contributed by atoms with van der Waals surface area (Å²) in [6.07, 6.45) is -2.53. The predicted molar refractivity (Wildman–Crippen MR) is 125 cm³/mol. The van der Waals surface area contributed by atoms with Gasteiger partial charge in [-0.3, -0.25) is 9.59 Å². The topological polar surface area (TPSA) is 57.6 Å². The molecule has 1 saturated carbocycles. The Morgan fingerprint density at radius 2 is 1.67 bits per heavy atom. The first-order chi connectivity index (χ1) is 17.1. The molecule has 1 unspecified atom stereocenters. The minimum atomic E-state index is -4.83. The van der Waals surface area contributed by atoms with Crippen LogP contribution in [0.25, 0.3) is 11.1 Å². The monoisotopic (exact) mass is 497 g/mol. The van der Waals surface area contributed by atoms with Gasteiger partial charge in [0, 0.05) is 12.1 Å².